The molecule has 22 heavy (non-hydrogen) atoms. The Bertz CT molecular complexity index is 672. The highest BCUT2D eigenvalue weighted by Crippen LogP contribution is 2.65. The number of aryl methyl sites for hydroxylation is 1. The van der Waals surface area contributed by atoms with E-state index in [0.29, 0.717) is 23.1 Å². The van der Waals surface area contributed by atoms with Gasteiger partial charge in [0.15, 0.2) is 5.76 Å². The van der Waals surface area contributed by atoms with Crippen LogP contribution < -0.4 is 4.74 Å². The molecule has 3 nitrogen and oxygen atoms in total. The number of methoxy groups -OCH3 is 1. The van der Waals surface area contributed by atoms with E-state index in [9.17, 15) is 10.2 Å². The maximum absolute atomic E-state index is 10.7. The van der Waals surface area contributed by atoms with Crippen molar-refractivity contribution in [3.63, 3.8) is 0 Å². The van der Waals surface area contributed by atoms with Gasteiger partial charge in [0, 0.05) is 11.3 Å². The largest absolute Gasteiger partial charge is 0.508 e. The fourth-order valence-electron chi connectivity index (χ4n) is 4.96. The number of hydrogen-bond donors (Lipinski definition) is 2. The lowest BCUT2D eigenvalue weighted by molar-refractivity contribution is 0.188. The van der Waals surface area contributed by atoms with Gasteiger partial charge >= 0.3 is 0 Å². The van der Waals surface area contributed by atoms with Gasteiger partial charge in [-0.15, -0.1) is 0 Å². The maximum Gasteiger partial charge on any atom is 0.165 e. The van der Waals surface area contributed by atoms with E-state index in [1.165, 1.54) is 18.4 Å². The summed E-state index contributed by atoms with van der Waals surface area (Å²) in [5.74, 6) is 2.55. The first-order valence-electron chi connectivity index (χ1n) is 8.29. The molecule has 2 N–H and O–H groups in total. The number of benzene rings is 1. The molecule has 1 aromatic carbocycles. The van der Waals surface area contributed by atoms with Crippen LogP contribution in [0, 0.1) is 24.2 Å². The number of allylic oxidation sites excluding steroid dienone is 1. The van der Waals surface area contributed by atoms with Gasteiger partial charge in [-0.2, -0.15) is 0 Å². The summed E-state index contributed by atoms with van der Waals surface area (Å²) in [6.07, 6.45) is 4.71. The van der Waals surface area contributed by atoms with Crippen molar-refractivity contribution < 1.29 is 14.9 Å². The fourth-order valence-corrected chi connectivity index (χ4v) is 4.96. The van der Waals surface area contributed by atoms with E-state index in [4.69, 9.17) is 4.74 Å². The van der Waals surface area contributed by atoms with Crippen LogP contribution >= 0.6 is 0 Å². The van der Waals surface area contributed by atoms with Crippen LogP contribution in [0.25, 0.3) is 5.76 Å². The molecule has 0 heterocycles. The van der Waals surface area contributed by atoms with Gasteiger partial charge in [0.25, 0.3) is 0 Å². The molecule has 3 aliphatic rings. The number of rotatable bonds is 2. The standard InChI is InChI=1S/C19H24O3/c1-10-8-13-15(14(9-10)22-3)17(20)18(21)19(2)7-6-12(16(13)19)11-4-5-11/h8-9,11-12,16,20-21H,4-7H2,1-3H3/t12-,16-,19-/m1/s1. The van der Waals surface area contributed by atoms with E-state index < -0.39 is 0 Å². The highest BCUT2D eigenvalue weighted by molar-refractivity contribution is 5.74. The molecule has 0 spiro atoms. The molecule has 0 saturated heterocycles. The molecule has 1 aromatic rings. The predicted molar refractivity (Wildman–Crippen MR) is 86.2 cm³/mol. The monoisotopic (exact) mass is 300 g/mol. The minimum atomic E-state index is -0.330. The lowest BCUT2D eigenvalue weighted by Crippen LogP contribution is -2.31. The number of aliphatic hydroxyl groups is 2. The molecule has 0 unspecified atom stereocenters. The second kappa shape index (κ2) is 4.43. The first kappa shape index (κ1) is 14.0. The minimum Gasteiger partial charge on any atom is -0.508 e. The molecule has 2 saturated carbocycles. The first-order chi connectivity index (χ1) is 10.5. The van der Waals surface area contributed by atoms with E-state index in [0.717, 1.165) is 24.3 Å². The van der Waals surface area contributed by atoms with E-state index in [-0.39, 0.29) is 16.9 Å². The summed E-state index contributed by atoms with van der Waals surface area (Å²) in [5, 5.41) is 21.4. The van der Waals surface area contributed by atoms with E-state index in [2.05, 4.69) is 19.9 Å². The van der Waals surface area contributed by atoms with E-state index in [1.54, 1.807) is 7.11 Å². The van der Waals surface area contributed by atoms with Crippen molar-refractivity contribution in [1.82, 2.24) is 0 Å². The molecule has 3 atom stereocenters. The van der Waals surface area contributed by atoms with Gasteiger partial charge in [-0.3, -0.25) is 0 Å². The first-order valence-corrected chi connectivity index (χ1v) is 8.29. The van der Waals surface area contributed by atoms with Crippen molar-refractivity contribution in [3.8, 4) is 5.75 Å². The second-order valence-electron chi connectivity index (χ2n) is 7.56. The summed E-state index contributed by atoms with van der Waals surface area (Å²) in [6, 6.07) is 4.12. The third-order valence-electron chi connectivity index (χ3n) is 6.17. The summed E-state index contributed by atoms with van der Waals surface area (Å²) >= 11 is 0. The topological polar surface area (TPSA) is 49.7 Å². The van der Waals surface area contributed by atoms with Crippen molar-refractivity contribution >= 4 is 5.76 Å². The van der Waals surface area contributed by atoms with Crippen LogP contribution in [-0.4, -0.2) is 17.3 Å². The van der Waals surface area contributed by atoms with Gasteiger partial charge in [-0.05, 0) is 61.6 Å². The van der Waals surface area contributed by atoms with Crippen molar-refractivity contribution in [2.75, 3.05) is 7.11 Å². The average molecular weight is 300 g/mol. The van der Waals surface area contributed by atoms with Crippen LogP contribution in [0.5, 0.6) is 5.75 Å². The number of fused-ring (bicyclic) bond motifs is 3. The minimum absolute atomic E-state index is 0.0158. The summed E-state index contributed by atoms with van der Waals surface area (Å²) in [4.78, 5) is 0. The molecule has 2 fully saturated rings. The molecule has 3 heteroatoms. The molecule has 0 radical (unpaired) electrons. The molecular formula is C19H24O3. The third-order valence-corrected chi connectivity index (χ3v) is 6.17. The van der Waals surface area contributed by atoms with E-state index in [1.807, 2.05) is 6.07 Å². The number of ether oxygens (including phenoxy) is 1. The zero-order chi connectivity index (χ0) is 15.6. The van der Waals surface area contributed by atoms with Crippen LogP contribution in [0.15, 0.2) is 17.9 Å². The van der Waals surface area contributed by atoms with Crippen molar-refractivity contribution in [2.24, 2.45) is 17.3 Å². The Hall–Kier alpha value is -1.64. The van der Waals surface area contributed by atoms with Crippen LogP contribution in [0.4, 0.5) is 0 Å². The Morgan fingerprint density at radius 3 is 2.55 bits per heavy atom. The van der Waals surface area contributed by atoms with Crippen LogP contribution in [0.3, 0.4) is 0 Å². The van der Waals surface area contributed by atoms with Crippen molar-refractivity contribution in [1.29, 1.82) is 0 Å². The van der Waals surface area contributed by atoms with E-state index >= 15 is 0 Å². The fraction of sp³-hybridized carbons (Fsp3) is 0.579. The summed E-state index contributed by atoms with van der Waals surface area (Å²) in [6.45, 7) is 4.18. The van der Waals surface area contributed by atoms with Gasteiger partial charge in [-0.25, -0.2) is 0 Å². The maximum atomic E-state index is 10.7. The quantitative estimate of drug-likeness (QED) is 0.831. The lowest BCUT2D eigenvalue weighted by Gasteiger charge is -2.39. The number of aliphatic hydroxyl groups excluding tert-OH is 2. The predicted octanol–water partition coefficient (Wildman–Crippen LogP) is 4.71. The van der Waals surface area contributed by atoms with Crippen molar-refractivity contribution in [3.05, 3.63) is 34.6 Å². The normalized spacial score (nSPS) is 33.6. The zero-order valence-corrected chi connectivity index (χ0v) is 13.5. The Labute approximate surface area is 131 Å². The summed E-state index contributed by atoms with van der Waals surface area (Å²) < 4.78 is 5.50. The molecule has 0 amide bonds. The van der Waals surface area contributed by atoms with Crippen LogP contribution in [0.1, 0.15) is 55.2 Å². The van der Waals surface area contributed by atoms with Crippen molar-refractivity contribution in [2.45, 2.75) is 45.4 Å². The van der Waals surface area contributed by atoms with Gasteiger partial charge in [0.05, 0.1) is 12.7 Å². The molecule has 3 aliphatic carbocycles. The van der Waals surface area contributed by atoms with Crippen LogP contribution in [-0.2, 0) is 0 Å². The average Bonchev–Trinajstić information content (AvgIpc) is 3.27. The zero-order valence-electron chi connectivity index (χ0n) is 13.5. The SMILES string of the molecule is COc1cc(C)cc2c1C(O)=C(O)[C@]1(C)CC[C@H](C3CC3)[C@H]21. The Balaban J connectivity index is 1.98. The molecular weight excluding hydrogens is 276 g/mol. The molecule has 0 aliphatic heterocycles. The lowest BCUT2D eigenvalue weighted by atomic mass is 9.65. The Morgan fingerprint density at radius 2 is 1.91 bits per heavy atom. The molecule has 0 aromatic heterocycles. The smallest absolute Gasteiger partial charge is 0.165 e. The van der Waals surface area contributed by atoms with Crippen LogP contribution in [0.2, 0.25) is 0 Å². The van der Waals surface area contributed by atoms with Gasteiger partial charge in [-0.1, -0.05) is 13.0 Å². The summed E-state index contributed by atoms with van der Waals surface area (Å²) in [7, 11) is 1.63. The van der Waals surface area contributed by atoms with Gasteiger partial charge in [0.1, 0.15) is 11.5 Å². The summed E-state index contributed by atoms with van der Waals surface area (Å²) in [5.41, 5.74) is 2.70. The Kier molecular flexibility index (Phi) is 2.82. The van der Waals surface area contributed by atoms with Gasteiger partial charge in [0.2, 0.25) is 0 Å². The van der Waals surface area contributed by atoms with Gasteiger partial charge < -0.3 is 14.9 Å². The Morgan fingerprint density at radius 1 is 1.18 bits per heavy atom. The third kappa shape index (κ3) is 1.68. The molecule has 0 bridgehead atoms. The highest BCUT2D eigenvalue weighted by Gasteiger charge is 2.56. The molecule has 4 rings (SSSR count). The second-order valence-corrected chi connectivity index (χ2v) is 7.56. The highest BCUT2D eigenvalue weighted by atomic mass is 16.5. The number of hydrogen-bond acceptors (Lipinski definition) is 3. The molecule has 118 valence electrons.